The molecule has 3 amide bonds. The lowest BCUT2D eigenvalue weighted by atomic mass is 10.1. The number of thioether (sulfide) groups is 1. The summed E-state index contributed by atoms with van der Waals surface area (Å²) in [5.74, 6) is -1.03. The van der Waals surface area contributed by atoms with Gasteiger partial charge in [0.25, 0.3) is 11.1 Å². The third-order valence-corrected chi connectivity index (χ3v) is 5.10. The summed E-state index contributed by atoms with van der Waals surface area (Å²) in [5, 5.41) is 2.84. The van der Waals surface area contributed by atoms with Crippen LogP contribution in [0.5, 0.6) is 0 Å². The highest BCUT2D eigenvalue weighted by molar-refractivity contribution is 8.18. The lowest BCUT2D eigenvalue weighted by Gasteiger charge is -2.13. The molecule has 1 fully saturated rings. The summed E-state index contributed by atoms with van der Waals surface area (Å²) in [6, 6.07) is 12.6. The van der Waals surface area contributed by atoms with E-state index in [1.807, 2.05) is 0 Å². The monoisotopic (exact) mass is 418 g/mol. The van der Waals surface area contributed by atoms with E-state index < -0.39 is 11.1 Å². The van der Waals surface area contributed by atoms with Gasteiger partial charge >= 0.3 is 0 Å². The van der Waals surface area contributed by atoms with Gasteiger partial charge in [-0.3, -0.25) is 19.3 Å². The maximum Gasteiger partial charge on any atom is 0.293 e. The van der Waals surface area contributed by atoms with Crippen molar-refractivity contribution in [1.82, 2.24) is 10.2 Å². The number of hydrogen-bond donors (Lipinski definition) is 1. The summed E-state index contributed by atoms with van der Waals surface area (Å²) in [4.78, 5) is 37.8. The van der Waals surface area contributed by atoms with Gasteiger partial charge < -0.3 is 5.32 Å². The van der Waals surface area contributed by atoms with Gasteiger partial charge in [0.15, 0.2) is 0 Å². The molecule has 0 radical (unpaired) electrons. The maximum atomic E-state index is 13.0. The largest absolute Gasteiger partial charge is 0.354 e. The van der Waals surface area contributed by atoms with Crippen LogP contribution in [0, 0.1) is 5.82 Å². The summed E-state index contributed by atoms with van der Waals surface area (Å²) in [7, 11) is 0. The molecule has 0 unspecified atom stereocenters. The molecule has 28 heavy (non-hydrogen) atoms. The first-order valence-electron chi connectivity index (χ1n) is 8.44. The fraction of sp³-hybridized carbons (Fsp3) is 0.150. The second-order valence-corrected chi connectivity index (χ2v) is 7.47. The van der Waals surface area contributed by atoms with Gasteiger partial charge in [-0.25, -0.2) is 4.39 Å². The number of carbonyl (C=O) groups is 3. The van der Waals surface area contributed by atoms with E-state index in [1.54, 1.807) is 30.3 Å². The molecule has 3 rings (SSSR count). The summed E-state index contributed by atoms with van der Waals surface area (Å²) in [6.45, 7) is 0.230. The number of benzene rings is 2. The highest BCUT2D eigenvalue weighted by Crippen LogP contribution is 2.31. The number of rotatable bonds is 6. The Morgan fingerprint density at radius 2 is 1.93 bits per heavy atom. The Labute approximate surface area is 170 Å². The van der Waals surface area contributed by atoms with Crippen molar-refractivity contribution in [3.05, 3.63) is 75.4 Å². The normalized spacial score (nSPS) is 15.4. The van der Waals surface area contributed by atoms with Crippen molar-refractivity contribution in [1.29, 1.82) is 0 Å². The topological polar surface area (TPSA) is 66.5 Å². The van der Waals surface area contributed by atoms with E-state index in [1.165, 1.54) is 24.3 Å². The van der Waals surface area contributed by atoms with Gasteiger partial charge in [-0.05, 0) is 53.2 Å². The highest BCUT2D eigenvalue weighted by Gasteiger charge is 2.34. The zero-order chi connectivity index (χ0) is 20.1. The number of amides is 3. The Balaban J connectivity index is 1.53. The molecule has 0 bridgehead atoms. The quantitative estimate of drug-likeness (QED) is 0.723. The van der Waals surface area contributed by atoms with Crippen LogP contribution in [-0.4, -0.2) is 35.0 Å². The van der Waals surface area contributed by atoms with Crippen molar-refractivity contribution in [2.24, 2.45) is 0 Å². The number of hydrogen-bond acceptors (Lipinski definition) is 4. The first-order chi connectivity index (χ1) is 13.4. The molecule has 0 aromatic heterocycles. The summed E-state index contributed by atoms with van der Waals surface area (Å²) in [5.41, 5.74) is 1.40. The van der Waals surface area contributed by atoms with Crippen molar-refractivity contribution >= 4 is 46.5 Å². The molecule has 5 nitrogen and oxygen atoms in total. The van der Waals surface area contributed by atoms with Crippen LogP contribution in [0.3, 0.4) is 0 Å². The first-order valence-corrected chi connectivity index (χ1v) is 9.64. The van der Waals surface area contributed by atoms with Crippen LogP contribution in [0.15, 0.2) is 53.4 Å². The van der Waals surface area contributed by atoms with Gasteiger partial charge in [-0.15, -0.1) is 0 Å². The van der Waals surface area contributed by atoms with Gasteiger partial charge in [-0.1, -0.05) is 35.9 Å². The van der Waals surface area contributed by atoms with Crippen LogP contribution < -0.4 is 5.32 Å². The second kappa shape index (κ2) is 9.03. The van der Waals surface area contributed by atoms with Crippen LogP contribution >= 0.6 is 23.4 Å². The van der Waals surface area contributed by atoms with Crippen molar-refractivity contribution < 1.29 is 18.8 Å². The molecular formula is C20H16ClFN2O3S. The molecule has 1 N–H and O–H groups in total. The van der Waals surface area contributed by atoms with Crippen LogP contribution in [-0.2, 0) is 16.0 Å². The number of nitrogens with one attached hydrogen (secondary N) is 1. The van der Waals surface area contributed by atoms with Gasteiger partial charge in [0, 0.05) is 18.1 Å². The van der Waals surface area contributed by atoms with E-state index in [4.69, 9.17) is 11.6 Å². The molecule has 2 aromatic carbocycles. The van der Waals surface area contributed by atoms with Crippen LogP contribution in [0.25, 0.3) is 6.08 Å². The predicted octanol–water partition coefficient (Wildman–Crippen LogP) is 3.87. The molecule has 2 aromatic rings. The van der Waals surface area contributed by atoms with E-state index in [0.717, 1.165) is 22.2 Å². The number of halogens is 2. The molecular weight excluding hydrogens is 403 g/mol. The smallest absolute Gasteiger partial charge is 0.293 e. The standard InChI is InChI=1S/C20H16ClFN2O3S/c21-15-3-1-2-14(10-15)12-18(25)23-8-9-24-19(26)17(28-20(24)27)11-13-4-6-16(22)7-5-13/h1-7,10-11H,8-9,12H2,(H,23,25)/b17-11+. The molecule has 1 saturated heterocycles. The minimum absolute atomic E-state index is 0.0761. The van der Waals surface area contributed by atoms with Crippen LogP contribution in [0.2, 0.25) is 5.02 Å². The molecule has 144 valence electrons. The number of imide groups is 1. The summed E-state index contributed by atoms with van der Waals surface area (Å²) < 4.78 is 13.0. The number of carbonyl (C=O) groups excluding carboxylic acids is 3. The predicted molar refractivity (Wildman–Crippen MR) is 107 cm³/mol. The Morgan fingerprint density at radius 1 is 1.18 bits per heavy atom. The van der Waals surface area contributed by atoms with Gasteiger partial charge in [0.2, 0.25) is 5.91 Å². The van der Waals surface area contributed by atoms with E-state index in [2.05, 4.69) is 5.32 Å². The minimum atomic E-state index is -0.427. The van der Waals surface area contributed by atoms with Crippen molar-refractivity contribution in [3.63, 3.8) is 0 Å². The molecule has 8 heteroatoms. The molecule has 1 aliphatic rings. The molecule has 0 saturated carbocycles. The lowest BCUT2D eigenvalue weighted by Crippen LogP contribution is -2.37. The molecule has 1 heterocycles. The van der Waals surface area contributed by atoms with Gasteiger partial charge in [0.1, 0.15) is 5.82 Å². The third-order valence-electron chi connectivity index (χ3n) is 3.95. The van der Waals surface area contributed by atoms with Crippen LogP contribution in [0.1, 0.15) is 11.1 Å². The molecule has 0 spiro atoms. The number of nitrogens with zero attached hydrogens (tertiary/aromatic N) is 1. The van der Waals surface area contributed by atoms with Crippen molar-refractivity contribution in [3.8, 4) is 0 Å². The summed E-state index contributed by atoms with van der Waals surface area (Å²) in [6.07, 6.45) is 1.70. The molecule has 1 aliphatic heterocycles. The minimum Gasteiger partial charge on any atom is -0.354 e. The van der Waals surface area contributed by atoms with Crippen molar-refractivity contribution in [2.75, 3.05) is 13.1 Å². The van der Waals surface area contributed by atoms with E-state index in [9.17, 15) is 18.8 Å². The van der Waals surface area contributed by atoms with E-state index in [0.29, 0.717) is 10.6 Å². The molecule has 0 aliphatic carbocycles. The highest BCUT2D eigenvalue weighted by atomic mass is 35.5. The average molecular weight is 419 g/mol. The molecule has 0 atom stereocenters. The van der Waals surface area contributed by atoms with E-state index in [-0.39, 0.29) is 36.1 Å². The Hall–Kier alpha value is -2.64. The average Bonchev–Trinajstić information content (AvgIpc) is 2.91. The first kappa shape index (κ1) is 20.1. The third kappa shape index (κ3) is 5.21. The Bertz CT molecular complexity index is 947. The zero-order valence-electron chi connectivity index (χ0n) is 14.7. The van der Waals surface area contributed by atoms with Gasteiger partial charge in [0.05, 0.1) is 11.3 Å². The Kier molecular flexibility index (Phi) is 6.49. The Morgan fingerprint density at radius 3 is 2.64 bits per heavy atom. The second-order valence-electron chi connectivity index (χ2n) is 6.04. The SMILES string of the molecule is O=C(Cc1cccc(Cl)c1)NCCN1C(=O)S/C(=C/c2ccc(F)cc2)C1=O. The fourth-order valence-corrected chi connectivity index (χ4v) is 3.68. The zero-order valence-corrected chi connectivity index (χ0v) is 16.2. The maximum absolute atomic E-state index is 13.0. The lowest BCUT2D eigenvalue weighted by molar-refractivity contribution is -0.124. The van der Waals surface area contributed by atoms with Gasteiger partial charge in [-0.2, -0.15) is 0 Å². The fourth-order valence-electron chi connectivity index (χ4n) is 2.61. The van der Waals surface area contributed by atoms with Crippen LogP contribution in [0.4, 0.5) is 9.18 Å². The van der Waals surface area contributed by atoms with Crippen molar-refractivity contribution in [2.45, 2.75) is 6.42 Å². The van der Waals surface area contributed by atoms with E-state index >= 15 is 0 Å². The summed E-state index contributed by atoms with van der Waals surface area (Å²) >= 11 is 6.71.